The lowest BCUT2D eigenvalue weighted by atomic mass is 10.1. The molecule has 2 aromatic carbocycles. The first-order valence-corrected chi connectivity index (χ1v) is 8.92. The minimum absolute atomic E-state index is 0.136. The molecule has 138 valence electrons. The van der Waals surface area contributed by atoms with Gasteiger partial charge in [-0.15, -0.1) is 0 Å². The van der Waals surface area contributed by atoms with Crippen LogP contribution in [0, 0.1) is 0 Å². The van der Waals surface area contributed by atoms with Gasteiger partial charge in [0.05, 0.1) is 18.4 Å². The smallest absolute Gasteiger partial charge is 0.339 e. The van der Waals surface area contributed by atoms with E-state index in [1.54, 1.807) is 24.3 Å². The lowest BCUT2D eigenvalue weighted by molar-refractivity contribution is -0.116. The fourth-order valence-electron chi connectivity index (χ4n) is 2.39. The van der Waals surface area contributed by atoms with Crippen LogP contribution in [0.25, 0.3) is 11.4 Å². The minimum atomic E-state index is -0.512. The number of hydrogen-bond acceptors (Lipinski definition) is 6. The fourth-order valence-corrected chi connectivity index (χ4v) is 2.65. The molecule has 27 heavy (non-hydrogen) atoms. The van der Waals surface area contributed by atoms with Gasteiger partial charge in [0.2, 0.25) is 17.6 Å². The summed E-state index contributed by atoms with van der Waals surface area (Å²) in [6, 6.07) is 14.2. The van der Waals surface area contributed by atoms with Crippen molar-refractivity contribution in [2.75, 3.05) is 12.4 Å². The number of hydrogen-bond donors (Lipinski definition) is 1. The zero-order valence-corrected chi connectivity index (χ0v) is 16.0. The third-order valence-corrected chi connectivity index (χ3v) is 4.27. The molecule has 3 rings (SSSR count). The SMILES string of the molecule is COC(=O)c1ccccc1NC(=O)CCc1nc(-c2ccc(Br)cc2)no1. The van der Waals surface area contributed by atoms with Crippen molar-refractivity contribution in [3.63, 3.8) is 0 Å². The molecule has 0 atom stereocenters. The molecule has 0 radical (unpaired) electrons. The van der Waals surface area contributed by atoms with Gasteiger partial charge in [0.15, 0.2) is 0 Å². The van der Waals surface area contributed by atoms with E-state index in [0.29, 0.717) is 23.0 Å². The van der Waals surface area contributed by atoms with Crippen molar-refractivity contribution in [1.29, 1.82) is 0 Å². The Morgan fingerprint density at radius 2 is 1.89 bits per heavy atom. The molecule has 0 aliphatic rings. The van der Waals surface area contributed by atoms with E-state index < -0.39 is 5.97 Å². The highest BCUT2D eigenvalue weighted by Gasteiger charge is 2.15. The molecular formula is C19H16BrN3O4. The van der Waals surface area contributed by atoms with Crippen molar-refractivity contribution in [2.24, 2.45) is 0 Å². The molecule has 1 aromatic heterocycles. The number of anilines is 1. The quantitative estimate of drug-likeness (QED) is 0.597. The van der Waals surface area contributed by atoms with Crippen molar-refractivity contribution in [3.05, 3.63) is 64.5 Å². The van der Waals surface area contributed by atoms with Crippen molar-refractivity contribution in [3.8, 4) is 11.4 Å². The Hall–Kier alpha value is -3.00. The lowest BCUT2D eigenvalue weighted by Crippen LogP contribution is -2.15. The van der Waals surface area contributed by atoms with Crippen LogP contribution in [0.3, 0.4) is 0 Å². The summed E-state index contributed by atoms with van der Waals surface area (Å²) < 4.78 is 10.9. The first-order valence-electron chi connectivity index (χ1n) is 8.12. The monoisotopic (exact) mass is 429 g/mol. The van der Waals surface area contributed by atoms with Crippen LogP contribution < -0.4 is 5.32 Å². The molecule has 8 heteroatoms. The molecule has 0 aliphatic carbocycles. The number of amides is 1. The molecule has 1 heterocycles. The predicted octanol–water partition coefficient (Wildman–Crippen LogP) is 3.86. The second-order valence-electron chi connectivity index (χ2n) is 5.60. The maximum Gasteiger partial charge on any atom is 0.339 e. The highest BCUT2D eigenvalue weighted by molar-refractivity contribution is 9.10. The Balaban J connectivity index is 1.60. The van der Waals surface area contributed by atoms with Gasteiger partial charge >= 0.3 is 5.97 Å². The average molecular weight is 430 g/mol. The summed E-state index contributed by atoms with van der Waals surface area (Å²) in [5.41, 5.74) is 1.52. The first kappa shape index (κ1) is 18.8. The second kappa shape index (κ2) is 8.59. The number of halogens is 1. The third-order valence-electron chi connectivity index (χ3n) is 3.74. The van der Waals surface area contributed by atoms with Crippen LogP contribution in [-0.2, 0) is 16.0 Å². The van der Waals surface area contributed by atoms with Gasteiger partial charge in [-0.3, -0.25) is 4.79 Å². The van der Waals surface area contributed by atoms with Gasteiger partial charge in [-0.25, -0.2) is 4.79 Å². The van der Waals surface area contributed by atoms with Gasteiger partial charge in [0.1, 0.15) is 0 Å². The summed E-state index contributed by atoms with van der Waals surface area (Å²) >= 11 is 3.37. The van der Waals surface area contributed by atoms with Crippen molar-refractivity contribution in [1.82, 2.24) is 10.1 Å². The number of aromatic nitrogens is 2. The zero-order chi connectivity index (χ0) is 19.2. The zero-order valence-electron chi connectivity index (χ0n) is 14.4. The number of nitrogens with one attached hydrogen (secondary N) is 1. The molecule has 3 aromatic rings. The molecule has 7 nitrogen and oxygen atoms in total. The molecule has 0 spiro atoms. The molecular weight excluding hydrogens is 414 g/mol. The van der Waals surface area contributed by atoms with Crippen LogP contribution >= 0.6 is 15.9 Å². The van der Waals surface area contributed by atoms with Crippen molar-refractivity contribution in [2.45, 2.75) is 12.8 Å². The Kier molecular flexibility index (Phi) is 5.97. The van der Waals surface area contributed by atoms with E-state index >= 15 is 0 Å². The van der Waals surface area contributed by atoms with Crippen LogP contribution in [-0.4, -0.2) is 29.1 Å². The fraction of sp³-hybridized carbons (Fsp3) is 0.158. The molecule has 0 bridgehead atoms. The number of esters is 1. The normalized spacial score (nSPS) is 10.4. The van der Waals surface area contributed by atoms with Gasteiger partial charge in [-0.1, -0.05) is 33.2 Å². The van der Waals surface area contributed by atoms with Gasteiger partial charge in [0.25, 0.3) is 0 Å². The number of nitrogens with zero attached hydrogens (tertiary/aromatic N) is 2. The Morgan fingerprint density at radius 3 is 2.63 bits per heavy atom. The van der Waals surface area contributed by atoms with E-state index in [-0.39, 0.29) is 18.7 Å². The van der Waals surface area contributed by atoms with Crippen LogP contribution in [0.15, 0.2) is 57.5 Å². The number of para-hydroxylation sites is 1. The number of carbonyl (C=O) groups excluding carboxylic acids is 2. The maximum absolute atomic E-state index is 12.2. The number of benzene rings is 2. The Morgan fingerprint density at radius 1 is 1.15 bits per heavy atom. The first-order chi connectivity index (χ1) is 13.1. The number of methoxy groups -OCH3 is 1. The molecule has 0 aliphatic heterocycles. The molecule has 1 N–H and O–H groups in total. The Labute approximate surface area is 163 Å². The topological polar surface area (TPSA) is 94.3 Å². The predicted molar refractivity (Wildman–Crippen MR) is 102 cm³/mol. The van der Waals surface area contributed by atoms with Gasteiger partial charge < -0.3 is 14.6 Å². The molecule has 0 unspecified atom stereocenters. The lowest BCUT2D eigenvalue weighted by Gasteiger charge is -2.08. The highest BCUT2D eigenvalue weighted by atomic mass is 79.9. The molecule has 1 amide bonds. The van der Waals surface area contributed by atoms with Crippen LogP contribution in [0.5, 0.6) is 0 Å². The van der Waals surface area contributed by atoms with Gasteiger partial charge in [-0.05, 0) is 36.4 Å². The summed E-state index contributed by atoms with van der Waals surface area (Å²) in [6.07, 6.45) is 0.424. The molecule has 0 saturated heterocycles. The minimum Gasteiger partial charge on any atom is -0.465 e. The van der Waals surface area contributed by atoms with Crippen molar-refractivity contribution < 1.29 is 18.8 Å². The summed E-state index contributed by atoms with van der Waals surface area (Å²) in [5.74, 6) is 0.0509. The number of aryl methyl sites for hydroxylation is 1. The number of rotatable bonds is 6. The number of carbonyl (C=O) groups is 2. The van der Waals surface area contributed by atoms with E-state index in [1.165, 1.54) is 7.11 Å². The largest absolute Gasteiger partial charge is 0.465 e. The van der Waals surface area contributed by atoms with Gasteiger partial charge in [0, 0.05) is 22.9 Å². The summed E-state index contributed by atoms with van der Waals surface area (Å²) in [5, 5.41) is 6.64. The third kappa shape index (κ3) is 4.79. The van der Waals surface area contributed by atoms with E-state index in [9.17, 15) is 9.59 Å². The summed E-state index contributed by atoms with van der Waals surface area (Å²) in [6.45, 7) is 0. The van der Waals surface area contributed by atoms with Gasteiger partial charge in [-0.2, -0.15) is 4.98 Å². The summed E-state index contributed by atoms with van der Waals surface area (Å²) in [4.78, 5) is 28.2. The van der Waals surface area contributed by atoms with E-state index in [4.69, 9.17) is 9.26 Å². The van der Waals surface area contributed by atoms with Crippen LogP contribution in [0.1, 0.15) is 22.7 Å². The average Bonchev–Trinajstić information content (AvgIpc) is 3.16. The van der Waals surface area contributed by atoms with E-state index in [2.05, 4.69) is 31.4 Å². The Bertz CT molecular complexity index is 954. The molecule has 0 saturated carbocycles. The summed E-state index contributed by atoms with van der Waals surface area (Å²) in [7, 11) is 1.29. The van der Waals surface area contributed by atoms with Crippen LogP contribution in [0.2, 0.25) is 0 Å². The van der Waals surface area contributed by atoms with Crippen LogP contribution in [0.4, 0.5) is 5.69 Å². The standard InChI is InChI=1S/C19H16BrN3O4/c1-26-19(25)14-4-2-3-5-15(14)21-16(24)10-11-17-22-18(23-27-17)12-6-8-13(20)9-7-12/h2-9H,10-11H2,1H3,(H,21,24). The maximum atomic E-state index is 12.2. The second-order valence-corrected chi connectivity index (χ2v) is 6.52. The van der Waals surface area contributed by atoms with E-state index in [1.807, 2.05) is 24.3 Å². The van der Waals surface area contributed by atoms with Crippen molar-refractivity contribution >= 4 is 33.5 Å². The van der Waals surface area contributed by atoms with E-state index in [0.717, 1.165) is 10.0 Å². The molecule has 0 fully saturated rings. The highest BCUT2D eigenvalue weighted by Crippen LogP contribution is 2.20. The number of ether oxygens (including phenoxy) is 1.